The van der Waals surface area contributed by atoms with E-state index in [1.165, 1.54) is 0 Å². The highest BCUT2D eigenvalue weighted by Crippen LogP contribution is 2.23. The number of aliphatic imine (C=N–C) groups is 1. The molecule has 0 bridgehead atoms. The molecule has 1 aromatic rings. The zero-order valence-electron chi connectivity index (χ0n) is 10.1. The highest BCUT2D eigenvalue weighted by molar-refractivity contribution is 5.92. The van der Waals surface area contributed by atoms with Gasteiger partial charge in [-0.3, -0.25) is 0 Å². The summed E-state index contributed by atoms with van der Waals surface area (Å²) in [4.78, 5) is 4.31. The van der Waals surface area contributed by atoms with Crippen LogP contribution in [0.15, 0.2) is 29.3 Å². The third kappa shape index (κ3) is 3.98. The van der Waals surface area contributed by atoms with Crippen LogP contribution in [0.4, 0.5) is 5.69 Å². The minimum absolute atomic E-state index is 0.440. The molecule has 1 fully saturated rings. The molecule has 4 nitrogen and oxygen atoms in total. The number of guanidine groups is 1. The molecule has 1 aliphatic rings. The Hall–Kier alpha value is -1.71. The SMILES string of the molecule is CCCOc1ccc(NC(N)=NC2CC2)cc1. The van der Waals surface area contributed by atoms with Crippen molar-refractivity contribution in [3.05, 3.63) is 24.3 Å². The first-order chi connectivity index (χ1) is 8.28. The van der Waals surface area contributed by atoms with Gasteiger partial charge in [0.1, 0.15) is 5.75 Å². The summed E-state index contributed by atoms with van der Waals surface area (Å²) in [6.07, 6.45) is 3.33. The Morgan fingerprint density at radius 1 is 1.41 bits per heavy atom. The van der Waals surface area contributed by atoms with Gasteiger partial charge < -0.3 is 15.8 Å². The van der Waals surface area contributed by atoms with Crippen LogP contribution in [0.5, 0.6) is 5.75 Å². The van der Waals surface area contributed by atoms with Crippen molar-refractivity contribution in [2.45, 2.75) is 32.2 Å². The Bertz CT molecular complexity index is 382. The zero-order valence-corrected chi connectivity index (χ0v) is 10.1. The molecule has 3 N–H and O–H groups in total. The Kier molecular flexibility index (Phi) is 3.85. The second-order valence-corrected chi connectivity index (χ2v) is 4.24. The Balaban J connectivity index is 1.88. The number of anilines is 1. The molecule has 92 valence electrons. The van der Waals surface area contributed by atoms with E-state index in [0.29, 0.717) is 12.0 Å². The van der Waals surface area contributed by atoms with Crippen molar-refractivity contribution in [3.8, 4) is 5.75 Å². The van der Waals surface area contributed by atoms with Crippen molar-refractivity contribution in [3.63, 3.8) is 0 Å². The summed E-state index contributed by atoms with van der Waals surface area (Å²) in [6.45, 7) is 2.84. The fourth-order valence-corrected chi connectivity index (χ4v) is 1.43. The number of nitrogens with zero attached hydrogens (tertiary/aromatic N) is 1. The predicted octanol–water partition coefficient (Wildman–Crippen LogP) is 2.36. The Labute approximate surface area is 102 Å². The second kappa shape index (κ2) is 5.57. The summed E-state index contributed by atoms with van der Waals surface area (Å²) in [7, 11) is 0. The van der Waals surface area contributed by atoms with E-state index in [1.54, 1.807) is 0 Å². The number of benzene rings is 1. The molecular weight excluding hydrogens is 214 g/mol. The van der Waals surface area contributed by atoms with Gasteiger partial charge in [0.25, 0.3) is 0 Å². The van der Waals surface area contributed by atoms with Gasteiger partial charge in [-0.2, -0.15) is 0 Å². The number of ether oxygens (including phenoxy) is 1. The van der Waals surface area contributed by atoms with E-state index in [9.17, 15) is 0 Å². The van der Waals surface area contributed by atoms with E-state index in [-0.39, 0.29) is 0 Å². The fourth-order valence-electron chi connectivity index (χ4n) is 1.43. The van der Waals surface area contributed by atoms with Gasteiger partial charge in [0.05, 0.1) is 12.6 Å². The maximum absolute atomic E-state index is 5.77. The molecule has 0 heterocycles. The van der Waals surface area contributed by atoms with Gasteiger partial charge in [0, 0.05) is 5.69 Å². The van der Waals surface area contributed by atoms with Crippen molar-refractivity contribution in [2.75, 3.05) is 11.9 Å². The van der Waals surface area contributed by atoms with Gasteiger partial charge in [-0.15, -0.1) is 0 Å². The maximum atomic E-state index is 5.77. The molecule has 0 aliphatic heterocycles. The lowest BCUT2D eigenvalue weighted by Gasteiger charge is -2.07. The van der Waals surface area contributed by atoms with E-state index in [4.69, 9.17) is 10.5 Å². The lowest BCUT2D eigenvalue weighted by atomic mass is 10.3. The van der Waals surface area contributed by atoms with E-state index in [0.717, 1.165) is 37.3 Å². The molecule has 4 heteroatoms. The van der Waals surface area contributed by atoms with Crippen molar-refractivity contribution in [2.24, 2.45) is 10.7 Å². The molecule has 0 spiro atoms. The third-order valence-corrected chi connectivity index (χ3v) is 2.47. The van der Waals surface area contributed by atoms with Crippen LogP contribution in [-0.4, -0.2) is 18.6 Å². The first kappa shape index (κ1) is 11.8. The molecule has 0 radical (unpaired) electrons. The van der Waals surface area contributed by atoms with Gasteiger partial charge in [-0.25, -0.2) is 4.99 Å². The van der Waals surface area contributed by atoms with Crippen molar-refractivity contribution in [1.29, 1.82) is 0 Å². The lowest BCUT2D eigenvalue weighted by molar-refractivity contribution is 0.317. The Morgan fingerprint density at radius 3 is 2.71 bits per heavy atom. The first-order valence-electron chi connectivity index (χ1n) is 6.11. The minimum Gasteiger partial charge on any atom is -0.494 e. The third-order valence-electron chi connectivity index (χ3n) is 2.47. The average Bonchev–Trinajstić information content (AvgIpc) is 3.12. The summed E-state index contributed by atoms with van der Waals surface area (Å²) in [5, 5.41) is 3.07. The number of rotatable bonds is 5. The van der Waals surface area contributed by atoms with E-state index in [1.807, 2.05) is 24.3 Å². The van der Waals surface area contributed by atoms with Crippen molar-refractivity contribution >= 4 is 11.6 Å². The highest BCUT2D eigenvalue weighted by atomic mass is 16.5. The monoisotopic (exact) mass is 233 g/mol. The lowest BCUT2D eigenvalue weighted by Crippen LogP contribution is -2.22. The maximum Gasteiger partial charge on any atom is 0.193 e. The molecule has 1 aliphatic carbocycles. The molecule has 1 aromatic carbocycles. The largest absolute Gasteiger partial charge is 0.494 e. The quantitative estimate of drug-likeness (QED) is 0.606. The summed E-state index contributed by atoms with van der Waals surface area (Å²) in [5.41, 5.74) is 6.71. The van der Waals surface area contributed by atoms with Crippen LogP contribution < -0.4 is 15.8 Å². The summed E-state index contributed by atoms with van der Waals surface area (Å²) in [5.74, 6) is 1.38. The number of hydrogen-bond donors (Lipinski definition) is 2. The minimum atomic E-state index is 0.440. The number of hydrogen-bond acceptors (Lipinski definition) is 2. The second-order valence-electron chi connectivity index (χ2n) is 4.24. The standard InChI is InChI=1S/C13H19N3O/c1-2-9-17-12-7-5-11(6-8-12)16-13(14)15-10-3-4-10/h5-8,10H,2-4,9H2,1H3,(H3,14,15,16). The topological polar surface area (TPSA) is 59.6 Å². The Morgan fingerprint density at radius 2 is 2.12 bits per heavy atom. The predicted molar refractivity (Wildman–Crippen MR) is 70.5 cm³/mol. The fraction of sp³-hybridized carbons (Fsp3) is 0.462. The van der Waals surface area contributed by atoms with Crippen LogP contribution in [0.2, 0.25) is 0 Å². The first-order valence-corrected chi connectivity index (χ1v) is 6.11. The molecule has 0 saturated heterocycles. The van der Waals surface area contributed by atoms with E-state index in [2.05, 4.69) is 17.2 Å². The van der Waals surface area contributed by atoms with Crippen LogP contribution in [0.1, 0.15) is 26.2 Å². The highest BCUT2D eigenvalue weighted by Gasteiger charge is 2.20. The van der Waals surface area contributed by atoms with Crippen LogP contribution in [0.3, 0.4) is 0 Å². The molecule has 1 saturated carbocycles. The normalized spacial score (nSPS) is 15.7. The van der Waals surface area contributed by atoms with Crippen LogP contribution in [-0.2, 0) is 0 Å². The van der Waals surface area contributed by atoms with Gasteiger partial charge >= 0.3 is 0 Å². The molecular formula is C13H19N3O. The van der Waals surface area contributed by atoms with E-state index < -0.39 is 0 Å². The number of nitrogens with two attached hydrogens (primary N) is 1. The van der Waals surface area contributed by atoms with Crippen molar-refractivity contribution < 1.29 is 4.74 Å². The van der Waals surface area contributed by atoms with Gasteiger partial charge in [-0.1, -0.05) is 6.92 Å². The molecule has 2 rings (SSSR count). The number of nitrogens with one attached hydrogen (secondary N) is 1. The van der Waals surface area contributed by atoms with Crippen LogP contribution in [0, 0.1) is 0 Å². The van der Waals surface area contributed by atoms with Gasteiger partial charge in [-0.05, 0) is 43.5 Å². The summed E-state index contributed by atoms with van der Waals surface area (Å²) >= 11 is 0. The van der Waals surface area contributed by atoms with E-state index >= 15 is 0 Å². The van der Waals surface area contributed by atoms with Crippen LogP contribution >= 0.6 is 0 Å². The molecule has 0 aromatic heterocycles. The average molecular weight is 233 g/mol. The van der Waals surface area contributed by atoms with Crippen LogP contribution in [0.25, 0.3) is 0 Å². The van der Waals surface area contributed by atoms with Gasteiger partial charge in [0.15, 0.2) is 5.96 Å². The van der Waals surface area contributed by atoms with Crippen molar-refractivity contribution in [1.82, 2.24) is 0 Å². The zero-order chi connectivity index (χ0) is 12.1. The smallest absolute Gasteiger partial charge is 0.193 e. The summed E-state index contributed by atoms with van der Waals surface area (Å²) in [6, 6.07) is 8.19. The molecule has 17 heavy (non-hydrogen) atoms. The molecule has 0 atom stereocenters. The summed E-state index contributed by atoms with van der Waals surface area (Å²) < 4.78 is 5.50. The van der Waals surface area contributed by atoms with Gasteiger partial charge in [0.2, 0.25) is 0 Å². The molecule has 0 unspecified atom stereocenters. The molecule has 0 amide bonds.